The average molecular weight is 267 g/mol. The molecule has 2 amide bonds. The molecule has 5 heteroatoms. The van der Waals surface area contributed by atoms with Crippen molar-refractivity contribution in [2.24, 2.45) is 11.8 Å². The normalized spacial score (nSPS) is 27.8. The lowest BCUT2D eigenvalue weighted by Gasteiger charge is -2.39. The molecule has 5 nitrogen and oxygen atoms in total. The van der Waals surface area contributed by atoms with Crippen LogP contribution in [0.1, 0.15) is 32.1 Å². The zero-order chi connectivity index (χ0) is 13.8. The zero-order valence-electron chi connectivity index (χ0n) is 11.9. The summed E-state index contributed by atoms with van der Waals surface area (Å²) >= 11 is 0. The molecule has 0 radical (unpaired) electrons. The molecular formula is C14H25N3O2. The van der Waals surface area contributed by atoms with Crippen molar-refractivity contribution in [3.05, 3.63) is 0 Å². The second-order valence-electron chi connectivity index (χ2n) is 5.80. The second kappa shape index (κ2) is 6.37. The van der Waals surface area contributed by atoms with Gasteiger partial charge in [-0.1, -0.05) is 0 Å². The number of hydrogen-bond acceptors (Lipinski definition) is 3. The molecule has 19 heavy (non-hydrogen) atoms. The second-order valence-corrected chi connectivity index (χ2v) is 5.80. The van der Waals surface area contributed by atoms with E-state index < -0.39 is 0 Å². The zero-order valence-corrected chi connectivity index (χ0v) is 11.9. The minimum absolute atomic E-state index is 0.112. The molecule has 0 aromatic heterocycles. The van der Waals surface area contributed by atoms with Crippen LogP contribution in [0.2, 0.25) is 0 Å². The largest absolute Gasteiger partial charge is 0.359 e. The number of nitrogens with one attached hydrogen (secondary N) is 2. The highest BCUT2D eigenvalue weighted by Crippen LogP contribution is 2.30. The molecule has 0 unspecified atom stereocenters. The lowest BCUT2D eigenvalue weighted by atomic mass is 9.79. The van der Waals surface area contributed by atoms with Gasteiger partial charge in [-0.3, -0.25) is 9.59 Å². The highest BCUT2D eigenvalue weighted by Gasteiger charge is 2.37. The van der Waals surface area contributed by atoms with Gasteiger partial charge < -0.3 is 15.5 Å². The summed E-state index contributed by atoms with van der Waals surface area (Å²) in [5, 5.41) is 5.88. The Hall–Kier alpha value is -1.10. The lowest BCUT2D eigenvalue weighted by Crippen LogP contribution is -2.49. The van der Waals surface area contributed by atoms with Crippen molar-refractivity contribution >= 4 is 11.8 Å². The maximum absolute atomic E-state index is 12.2. The smallest absolute Gasteiger partial charge is 0.225 e. The molecule has 1 aliphatic carbocycles. The molecule has 2 N–H and O–H groups in total. The first-order valence-corrected chi connectivity index (χ1v) is 7.30. The molecule has 2 rings (SSSR count). The van der Waals surface area contributed by atoms with Gasteiger partial charge in [0.2, 0.25) is 11.8 Å². The third kappa shape index (κ3) is 3.47. The Labute approximate surface area is 115 Å². The Morgan fingerprint density at radius 1 is 1.16 bits per heavy atom. The molecule has 0 aromatic rings. The van der Waals surface area contributed by atoms with E-state index in [-0.39, 0.29) is 11.8 Å². The summed E-state index contributed by atoms with van der Waals surface area (Å²) in [7, 11) is 3.63. The molecule has 0 atom stereocenters. The van der Waals surface area contributed by atoms with Crippen molar-refractivity contribution in [2.45, 2.75) is 38.1 Å². The molecule has 0 spiro atoms. The number of likely N-dealkylation sites (tertiary alicyclic amines) is 1. The molecule has 1 heterocycles. The van der Waals surface area contributed by atoms with Gasteiger partial charge in [-0.05, 0) is 38.6 Å². The van der Waals surface area contributed by atoms with Crippen LogP contribution in [-0.4, -0.2) is 49.9 Å². The van der Waals surface area contributed by atoms with Crippen LogP contribution in [0, 0.1) is 11.8 Å². The van der Waals surface area contributed by atoms with Crippen LogP contribution in [0.4, 0.5) is 0 Å². The van der Waals surface area contributed by atoms with E-state index in [0.717, 1.165) is 38.8 Å². The fraction of sp³-hybridized carbons (Fsp3) is 0.857. The molecule has 108 valence electrons. The van der Waals surface area contributed by atoms with Gasteiger partial charge in [-0.15, -0.1) is 0 Å². The van der Waals surface area contributed by atoms with Gasteiger partial charge in [0, 0.05) is 38.5 Å². The molecule has 1 saturated heterocycles. The number of hydrogen-bond donors (Lipinski definition) is 2. The van der Waals surface area contributed by atoms with Crippen LogP contribution in [0.25, 0.3) is 0 Å². The van der Waals surface area contributed by atoms with E-state index in [1.165, 1.54) is 0 Å². The van der Waals surface area contributed by atoms with Gasteiger partial charge in [-0.2, -0.15) is 0 Å². The number of nitrogens with zero attached hydrogens (tertiary/aromatic N) is 1. The number of amides is 2. The first kappa shape index (κ1) is 14.3. The van der Waals surface area contributed by atoms with Crippen molar-refractivity contribution in [3.8, 4) is 0 Å². The molecule has 2 aliphatic rings. The highest BCUT2D eigenvalue weighted by molar-refractivity contribution is 5.80. The Kier molecular flexibility index (Phi) is 4.80. The van der Waals surface area contributed by atoms with Gasteiger partial charge in [-0.25, -0.2) is 0 Å². The van der Waals surface area contributed by atoms with Crippen molar-refractivity contribution in [1.82, 2.24) is 15.5 Å². The van der Waals surface area contributed by atoms with Crippen LogP contribution in [0.15, 0.2) is 0 Å². The van der Waals surface area contributed by atoms with Crippen LogP contribution < -0.4 is 10.6 Å². The van der Waals surface area contributed by atoms with E-state index >= 15 is 0 Å². The van der Waals surface area contributed by atoms with Gasteiger partial charge >= 0.3 is 0 Å². The number of rotatable bonds is 4. The van der Waals surface area contributed by atoms with Crippen molar-refractivity contribution in [3.63, 3.8) is 0 Å². The fourth-order valence-electron chi connectivity index (χ4n) is 3.04. The Bertz CT molecular complexity index is 332. The number of piperidine rings is 1. The third-order valence-corrected chi connectivity index (χ3v) is 4.57. The molecular weight excluding hydrogens is 242 g/mol. The average Bonchev–Trinajstić information content (AvgIpc) is 2.38. The van der Waals surface area contributed by atoms with E-state index in [1.807, 2.05) is 11.9 Å². The van der Waals surface area contributed by atoms with Crippen LogP contribution in [-0.2, 0) is 9.59 Å². The topological polar surface area (TPSA) is 61.4 Å². The van der Waals surface area contributed by atoms with Crippen molar-refractivity contribution < 1.29 is 9.59 Å². The molecule has 1 saturated carbocycles. The van der Waals surface area contributed by atoms with Crippen LogP contribution in [0.5, 0.6) is 0 Å². The Morgan fingerprint density at radius 2 is 1.79 bits per heavy atom. The first-order valence-electron chi connectivity index (χ1n) is 7.30. The van der Waals surface area contributed by atoms with Crippen LogP contribution >= 0.6 is 0 Å². The minimum atomic E-state index is 0.112. The minimum Gasteiger partial charge on any atom is -0.359 e. The summed E-state index contributed by atoms with van der Waals surface area (Å²) in [6.07, 6.45) is 4.48. The van der Waals surface area contributed by atoms with Crippen molar-refractivity contribution in [1.29, 1.82) is 0 Å². The van der Waals surface area contributed by atoms with Crippen LogP contribution in [0.3, 0.4) is 0 Å². The number of carbonyl (C=O) groups is 2. The predicted octanol–water partition coefficient (Wildman–Crippen LogP) is 0.359. The van der Waals surface area contributed by atoms with E-state index in [2.05, 4.69) is 10.6 Å². The van der Waals surface area contributed by atoms with Gasteiger partial charge in [0.25, 0.3) is 0 Å². The monoisotopic (exact) mass is 267 g/mol. The Morgan fingerprint density at radius 3 is 2.32 bits per heavy atom. The molecule has 0 aromatic carbocycles. The highest BCUT2D eigenvalue weighted by atomic mass is 16.2. The Balaban J connectivity index is 1.71. The van der Waals surface area contributed by atoms with Gasteiger partial charge in [0.15, 0.2) is 0 Å². The summed E-state index contributed by atoms with van der Waals surface area (Å²) in [6.45, 7) is 1.64. The van der Waals surface area contributed by atoms with E-state index in [4.69, 9.17) is 0 Å². The maximum Gasteiger partial charge on any atom is 0.225 e. The third-order valence-electron chi connectivity index (χ3n) is 4.57. The predicted molar refractivity (Wildman–Crippen MR) is 73.6 cm³/mol. The van der Waals surface area contributed by atoms with Gasteiger partial charge in [0.05, 0.1) is 0 Å². The van der Waals surface area contributed by atoms with Crippen molar-refractivity contribution in [2.75, 3.05) is 27.2 Å². The summed E-state index contributed by atoms with van der Waals surface area (Å²) in [5.74, 6) is 1.11. The summed E-state index contributed by atoms with van der Waals surface area (Å²) in [4.78, 5) is 25.6. The van der Waals surface area contributed by atoms with E-state index in [9.17, 15) is 9.59 Å². The van der Waals surface area contributed by atoms with E-state index in [0.29, 0.717) is 24.3 Å². The summed E-state index contributed by atoms with van der Waals surface area (Å²) < 4.78 is 0. The fourth-order valence-corrected chi connectivity index (χ4v) is 3.04. The van der Waals surface area contributed by atoms with E-state index in [1.54, 1.807) is 7.05 Å². The molecule has 0 bridgehead atoms. The summed E-state index contributed by atoms with van der Waals surface area (Å²) in [5.41, 5.74) is 0. The number of carbonyl (C=O) groups excluding carboxylic acids is 2. The first-order chi connectivity index (χ1) is 9.13. The van der Waals surface area contributed by atoms with Gasteiger partial charge in [0.1, 0.15) is 0 Å². The lowest BCUT2D eigenvalue weighted by molar-refractivity contribution is -0.140. The summed E-state index contributed by atoms with van der Waals surface area (Å²) in [6, 6.07) is 0.528. The molecule has 2 fully saturated rings. The standard InChI is InChI=1S/C14H25N3O2/c1-15-12-8-11(9-12)14(19)17-5-3-10(4-6-17)7-13(18)16-2/h10-12,15H,3-9H2,1-2H3,(H,16,18). The maximum atomic E-state index is 12.2. The quantitative estimate of drug-likeness (QED) is 0.773. The molecule has 1 aliphatic heterocycles. The SMILES string of the molecule is CNC(=O)CC1CCN(C(=O)C2CC(NC)C2)CC1.